The zero-order valence-corrected chi connectivity index (χ0v) is 12.9. The molecule has 6 nitrogen and oxygen atoms in total. The summed E-state index contributed by atoms with van der Waals surface area (Å²) in [5.41, 5.74) is 2.13. The van der Waals surface area contributed by atoms with Crippen LogP contribution < -0.4 is 5.32 Å². The van der Waals surface area contributed by atoms with E-state index in [-0.39, 0.29) is 12.1 Å². The molecule has 0 aromatic carbocycles. The van der Waals surface area contributed by atoms with E-state index in [1.54, 1.807) is 6.20 Å². The summed E-state index contributed by atoms with van der Waals surface area (Å²) in [7, 11) is 0. The van der Waals surface area contributed by atoms with Crippen LogP contribution in [0.5, 0.6) is 0 Å². The average Bonchev–Trinajstić information content (AvgIpc) is 3.27. The predicted octanol–water partition coefficient (Wildman–Crippen LogP) is 1.46. The molecule has 3 aromatic rings. The summed E-state index contributed by atoms with van der Waals surface area (Å²) in [6, 6.07) is 4.25. The number of imidazole rings is 2. The first kappa shape index (κ1) is 14.4. The Balaban J connectivity index is 1.38. The quantitative estimate of drug-likeness (QED) is 0.748. The van der Waals surface area contributed by atoms with E-state index in [0.29, 0.717) is 5.92 Å². The molecule has 0 saturated heterocycles. The van der Waals surface area contributed by atoms with E-state index in [1.807, 2.05) is 41.6 Å². The smallest absolute Gasteiger partial charge is 0.141 e. The van der Waals surface area contributed by atoms with Crippen LogP contribution in [-0.2, 0) is 13.1 Å². The minimum Gasteiger partial charge on any atom is -0.391 e. The summed E-state index contributed by atoms with van der Waals surface area (Å²) in [6.45, 7) is 1.64. The van der Waals surface area contributed by atoms with Crippen LogP contribution in [0.1, 0.15) is 18.4 Å². The fourth-order valence-electron chi connectivity index (χ4n) is 3.57. The molecule has 3 heterocycles. The summed E-state index contributed by atoms with van der Waals surface area (Å²) >= 11 is 0. The van der Waals surface area contributed by atoms with Gasteiger partial charge in [-0.2, -0.15) is 0 Å². The van der Waals surface area contributed by atoms with Gasteiger partial charge < -0.3 is 19.4 Å². The van der Waals surface area contributed by atoms with Gasteiger partial charge in [-0.25, -0.2) is 9.97 Å². The van der Waals surface area contributed by atoms with Crippen molar-refractivity contribution < 1.29 is 5.11 Å². The highest BCUT2D eigenvalue weighted by Gasteiger charge is 2.32. The molecule has 3 aromatic heterocycles. The SMILES string of the molecule is O[C@@H]1CC(Cn2ccnc2)C[C@H]1NCc1cccn2ccnc12. The van der Waals surface area contributed by atoms with Crippen molar-refractivity contribution in [1.82, 2.24) is 24.3 Å². The fourth-order valence-corrected chi connectivity index (χ4v) is 3.57. The van der Waals surface area contributed by atoms with Crippen LogP contribution in [0.15, 0.2) is 49.4 Å². The van der Waals surface area contributed by atoms with Gasteiger partial charge in [-0.15, -0.1) is 0 Å². The number of nitrogens with one attached hydrogen (secondary N) is 1. The van der Waals surface area contributed by atoms with Crippen molar-refractivity contribution in [3.05, 3.63) is 55.0 Å². The van der Waals surface area contributed by atoms with Crippen molar-refractivity contribution in [2.75, 3.05) is 0 Å². The molecule has 4 rings (SSSR count). The molecule has 120 valence electrons. The molecule has 2 N–H and O–H groups in total. The molecule has 0 spiro atoms. The van der Waals surface area contributed by atoms with Gasteiger partial charge in [0.25, 0.3) is 0 Å². The molecule has 1 aliphatic rings. The van der Waals surface area contributed by atoms with Gasteiger partial charge in [0.15, 0.2) is 0 Å². The molecule has 6 heteroatoms. The number of rotatable bonds is 5. The van der Waals surface area contributed by atoms with Crippen molar-refractivity contribution in [3.63, 3.8) is 0 Å². The molecule has 0 bridgehead atoms. The summed E-state index contributed by atoms with van der Waals surface area (Å²) in [5, 5.41) is 13.8. The van der Waals surface area contributed by atoms with Crippen LogP contribution in [0.25, 0.3) is 5.65 Å². The lowest BCUT2D eigenvalue weighted by Gasteiger charge is -2.16. The average molecular weight is 311 g/mol. The van der Waals surface area contributed by atoms with E-state index in [1.165, 1.54) is 0 Å². The van der Waals surface area contributed by atoms with E-state index in [4.69, 9.17) is 0 Å². The number of nitrogens with zero attached hydrogens (tertiary/aromatic N) is 4. The molecule has 0 radical (unpaired) electrons. The first-order valence-electron chi connectivity index (χ1n) is 8.07. The Hall–Kier alpha value is -2.18. The standard InChI is InChI=1S/C17H21N5O/c23-16-9-13(11-21-6-3-18-12-21)8-15(16)20-10-14-2-1-5-22-7-4-19-17(14)22/h1-7,12-13,15-16,20,23H,8-11H2/t13?,15-,16-/m1/s1. The number of pyridine rings is 1. The third-order valence-electron chi connectivity index (χ3n) is 4.71. The fraction of sp³-hybridized carbons (Fsp3) is 0.412. The third kappa shape index (κ3) is 3.00. The highest BCUT2D eigenvalue weighted by molar-refractivity contribution is 5.47. The van der Waals surface area contributed by atoms with Gasteiger partial charge in [-0.3, -0.25) is 0 Å². The van der Waals surface area contributed by atoms with Crippen molar-refractivity contribution in [2.24, 2.45) is 5.92 Å². The van der Waals surface area contributed by atoms with Crippen LogP contribution in [0.4, 0.5) is 0 Å². The Morgan fingerprint density at radius 3 is 3.04 bits per heavy atom. The van der Waals surface area contributed by atoms with Crippen LogP contribution in [0.3, 0.4) is 0 Å². The van der Waals surface area contributed by atoms with Gasteiger partial charge >= 0.3 is 0 Å². The molecule has 23 heavy (non-hydrogen) atoms. The molecule has 1 unspecified atom stereocenters. The number of aliphatic hydroxyl groups is 1. The zero-order chi connectivity index (χ0) is 15.6. The number of hydrogen-bond donors (Lipinski definition) is 2. The lowest BCUT2D eigenvalue weighted by Crippen LogP contribution is -2.35. The summed E-state index contributed by atoms with van der Waals surface area (Å²) < 4.78 is 4.11. The van der Waals surface area contributed by atoms with Gasteiger partial charge in [0, 0.05) is 55.7 Å². The van der Waals surface area contributed by atoms with E-state index < -0.39 is 0 Å². The van der Waals surface area contributed by atoms with Crippen molar-refractivity contribution in [2.45, 2.75) is 38.1 Å². The normalized spacial score (nSPS) is 24.5. The maximum absolute atomic E-state index is 10.3. The predicted molar refractivity (Wildman–Crippen MR) is 86.8 cm³/mol. The van der Waals surface area contributed by atoms with Crippen LogP contribution in [-0.4, -0.2) is 36.2 Å². The maximum atomic E-state index is 10.3. The molecule has 3 atom stereocenters. The molecular weight excluding hydrogens is 290 g/mol. The van der Waals surface area contributed by atoms with Crippen LogP contribution in [0.2, 0.25) is 0 Å². The van der Waals surface area contributed by atoms with Crippen molar-refractivity contribution in [3.8, 4) is 0 Å². The number of aromatic nitrogens is 4. The van der Waals surface area contributed by atoms with Gasteiger partial charge in [-0.1, -0.05) is 6.07 Å². The molecule has 1 aliphatic carbocycles. The summed E-state index contributed by atoms with van der Waals surface area (Å²) in [5.74, 6) is 0.485. The largest absolute Gasteiger partial charge is 0.391 e. The first-order valence-corrected chi connectivity index (χ1v) is 8.07. The zero-order valence-electron chi connectivity index (χ0n) is 12.9. The first-order chi connectivity index (χ1) is 11.3. The minimum atomic E-state index is -0.289. The molecule has 1 fully saturated rings. The number of aliphatic hydroxyl groups excluding tert-OH is 1. The number of fused-ring (bicyclic) bond motifs is 1. The lowest BCUT2D eigenvalue weighted by atomic mass is 10.1. The van der Waals surface area contributed by atoms with Crippen LogP contribution in [0, 0.1) is 5.92 Å². The minimum absolute atomic E-state index is 0.138. The second-order valence-corrected chi connectivity index (χ2v) is 6.34. The Morgan fingerprint density at radius 2 is 2.17 bits per heavy atom. The molecular formula is C17H21N5O. The second kappa shape index (κ2) is 6.14. The second-order valence-electron chi connectivity index (χ2n) is 6.34. The summed E-state index contributed by atoms with van der Waals surface area (Å²) in [4.78, 5) is 8.48. The van der Waals surface area contributed by atoms with Gasteiger partial charge in [0.1, 0.15) is 5.65 Å². The Morgan fingerprint density at radius 1 is 1.22 bits per heavy atom. The highest BCUT2D eigenvalue weighted by Crippen LogP contribution is 2.28. The van der Waals surface area contributed by atoms with E-state index in [0.717, 1.165) is 37.1 Å². The van der Waals surface area contributed by atoms with Gasteiger partial charge in [-0.05, 0) is 24.8 Å². The molecule has 0 amide bonds. The van der Waals surface area contributed by atoms with Crippen LogP contribution >= 0.6 is 0 Å². The van der Waals surface area contributed by atoms with Gasteiger partial charge in [0.2, 0.25) is 0 Å². The van der Waals surface area contributed by atoms with Gasteiger partial charge in [0.05, 0.1) is 12.4 Å². The Kier molecular flexibility index (Phi) is 3.85. The lowest BCUT2D eigenvalue weighted by molar-refractivity contribution is 0.145. The number of hydrogen-bond acceptors (Lipinski definition) is 4. The highest BCUT2D eigenvalue weighted by atomic mass is 16.3. The van der Waals surface area contributed by atoms with Crippen molar-refractivity contribution >= 4 is 5.65 Å². The van der Waals surface area contributed by atoms with E-state index in [9.17, 15) is 5.11 Å². The van der Waals surface area contributed by atoms with Crippen molar-refractivity contribution in [1.29, 1.82) is 0 Å². The topological polar surface area (TPSA) is 67.4 Å². The summed E-state index contributed by atoms with van der Waals surface area (Å²) in [6.07, 6.45) is 12.9. The Labute approximate surface area is 134 Å². The maximum Gasteiger partial charge on any atom is 0.141 e. The monoisotopic (exact) mass is 311 g/mol. The molecule has 1 saturated carbocycles. The Bertz CT molecular complexity index is 766. The van der Waals surface area contributed by atoms with E-state index in [2.05, 4.69) is 25.9 Å². The molecule has 0 aliphatic heterocycles. The third-order valence-corrected chi connectivity index (χ3v) is 4.71. The van der Waals surface area contributed by atoms with E-state index >= 15 is 0 Å².